The Morgan fingerprint density at radius 2 is 1.91 bits per heavy atom. The lowest BCUT2D eigenvalue weighted by molar-refractivity contribution is -0.132. The Morgan fingerprint density at radius 1 is 1.27 bits per heavy atom. The number of nitrogens with zero attached hydrogens (tertiary/aromatic N) is 1. The number of nitrogens with one attached hydrogen (secondary N) is 1. The van der Waals surface area contributed by atoms with Crippen LogP contribution in [-0.2, 0) is 4.79 Å². The zero-order valence-corrected chi connectivity index (χ0v) is 14.0. The molecule has 0 saturated carbocycles. The molecule has 4 heteroatoms. The van der Waals surface area contributed by atoms with Crippen molar-refractivity contribution < 1.29 is 9.53 Å². The van der Waals surface area contributed by atoms with Crippen molar-refractivity contribution >= 4 is 5.91 Å². The Balaban J connectivity index is 1.71. The summed E-state index contributed by atoms with van der Waals surface area (Å²) < 4.78 is 5.68. The molecule has 1 fully saturated rings. The fourth-order valence-corrected chi connectivity index (χ4v) is 2.78. The molecule has 1 aromatic carbocycles. The standard InChI is InChI=1S/C18H28N2O2/c1-14(2)15-4-6-17(7-5-15)22-13-10-18(21)20-11-8-16(19-3)9-12-20/h4-7,14,16,19H,8-13H2,1-3H3. The molecule has 2 rings (SSSR count). The van der Waals surface area contributed by atoms with Crippen LogP contribution in [-0.4, -0.2) is 43.6 Å². The van der Waals surface area contributed by atoms with E-state index in [0.717, 1.165) is 31.7 Å². The molecule has 4 nitrogen and oxygen atoms in total. The van der Waals surface area contributed by atoms with Crippen LogP contribution in [0.25, 0.3) is 0 Å². The first-order valence-corrected chi connectivity index (χ1v) is 8.28. The first kappa shape index (κ1) is 16.8. The zero-order valence-electron chi connectivity index (χ0n) is 14.0. The zero-order chi connectivity index (χ0) is 15.9. The van der Waals surface area contributed by atoms with E-state index in [2.05, 4.69) is 31.3 Å². The van der Waals surface area contributed by atoms with Crippen molar-refractivity contribution in [3.8, 4) is 5.75 Å². The Kier molecular flexibility index (Phi) is 6.25. The van der Waals surface area contributed by atoms with Crippen molar-refractivity contribution in [3.63, 3.8) is 0 Å². The lowest BCUT2D eigenvalue weighted by atomic mass is 10.0. The third-order valence-corrected chi connectivity index (χ3v) is 4.39. The minimum atomic E-state index is 0.202. The largest absolute Gasteiger partial charge is 0.493 e. The Labute approximate surface area is 133 Å². The number of hydrogen-bond donors (Lipinski definition) is 1. The Hall–Kier alpha value is -1.55. The van der Waals surface area contributed by atoms with Crippen LogP contribution in [0.15, 0.2) is 24.3 Å². The van der Waals surface area contributed by atoms with Gasteiger partial charge in [0.2, 0.25) is 5.91 Å². The maximum Gasteiger partial charge on any atom is 0.225 e. The molecule has 1 amide bonds. The third kappa shape index (κ3) is 4.73. The number of benzene rings is 1. The molecule has 0 radical (unpaired) electrons. The second-order valence-electron chi connectivity index (χ2n) is 6.27. The third-order valence-electron chi connectivity index (χ3n) is 4.39. The highest BCUT2D eigenvalue weighted by Gasteiger charge is 2.21. The molecule has 0 unspecified atom stereocenters. The molecular weight excluding hydrogens is 276 g/mol. The minimum Gasteiger partial charge on any atom is -0.493 e. The first-order chi connectivity index (χ1) is 10.6. The predicted octanol–water partition coefficient (Wildman–Crippen LogP) is 2.79. The van der Waals surface area contributed by atoms with Crippen molar-refractivity contribution in [1.82, 2.24) is 10.2 Å². The summed E-state index contributed by atoms with van der Waals surface area (Å²) in [6.07, 6.45) is 2.54. The Morgan fingerprint density at radius 3 is 2.45 bits per heavy atom. The van der Waals surface area contributed by atoms with Gasteiger partial charge in [0.05, 0.1) is 13.0 Å². The normalized spacial score (nSPS) is 16.1. The van der Waals surface area contributed by atoms with Gasteiger partial charge in [0.25, 0.3) is 0 Å². The molecule has 1 heterocycles. The van der Waals surface area contributed by atoms with Crippen molar-refractivity contribution in [1.29, 1.82) is 0 Å². The fourth-order valence-electron chi connectivity index (χ4n) is 2.78. The molecule has 22 heavy (non-hydrogen) atoms. The number of amides is 1. The summed E-state index contributed by atoms with van der Waals surface area (Å²) in [6.45, 7) is 6.50. The molecule has 0 aromatic heterocycles. The quantitative estimate of drug-likeness (QED) is 0.878. The summed E-state index contributed by atoms with van der Waals surface area (Å²) in [5.41, 5.74) is 1.30. The highest BCUT2D eigenvalue weighted by Crippen LogP contribution is 2.19. The van der Waals surface area contributed by atoms with Gasteiger partial charge in [-0.05, 0) is 43.5 Å². The van der Waals surface area contributed by atoms with E-state index in [1.54, 1.807) is 0 Å². The van der Waals surface area contributed by atoms with Crippen LogP contribution in [0.1, 0.15) is 44.6 Å². The van der Waals surface area contributed by atoms with E-state index in [4.69, 9.17) is 4.74 Å². The van der Waals surface area contributed by atoms with E-state index in [1.807, 2.05) is 24.1 Å². The summed E-state index contributed by atoms with van der Waals surface area (Å²) in [5.74, 6) is 1.57. The van der Waals surface area contributed by atoms with Crippen LogP contribution in [0.2, 0.25) is 0 Å². The van der Waals surface area contributed by atoms with Gasteiger partial charge in [-0.3, -0.25) is 4.79 Å². The average molecular weight is 304 g/mol. The number of rotatable bonds is 6. The van der Waals surface area contributed by atoms with Gasteiger partial charge >= 0.3 is 0 Å². The number of carbonyl (C=O) groups excluding carboxylic acids is 1. The average Bonchev–Trinajstić information content (AvgIpc) is 2.55. The smallest absolute Gasteiger partial charge is 0.225 e. The minimum absolute atomic E-state index is 0.202. The number of carbonyl (C=O) groups is 1. The predicted molar refractivity (Wildman–Crippen MR) is 89.3 cm³/mol. The Bertz CT molecular complexity index is 462. The van der Waals surface area contributed by atoms with Crippen LogP contribution in [0, 0.1) is 0 Å². The summed E-state index contributed by atoms with van der Waals surface area (Å²) >= 11 is 0. The molecule has 0 spiro atoms. The van der Waals surface area contributed by atoms with Gasteiger partial charge in [0.15, 0.2) is 0 Å². The van der Waals surface area contributed by atoms with Crippen LogP contribution in [0.3, 0.4) is 0 Å². The molecule has 1 N–H and O–H groups in total. The van der Waals surface area contributed by atoms with E-state index in [1.165, 1.54) is 5.56 Å². The topological polar surface area (TPSA) is 41.6 Å². The van der Waals surface area contributed by atoms with Gasteiger partial charge in [-0.2, -0.15) is 0 Å². The van der Waals surface area contributed by atoms with E-state index in [0.29, 0.717) is 25.0 Å². The van der Waals surface area contributed by atoms with Crippen LogP contribution in [0.4, 0.5) is 0 Å². The van der Waals surface area contributed by atoms with E-state index < -0.39 is 0 Å². The number of likely N-dealkylation sites (tertiary alicyclic amines) is 1. The molecule has 122 valence electrons. The van der Waals surface area contributed by atoms with Gasteiger partial charge < -0.3 is 15.0 Å². The molecule has 1 saturated heterocycles. The molecule has 0 aliphatic carbocycles. The van der Waals surface area contributed by atoms with E-state index >= 15 is 0 Å². The van der Waals surface area contributed by atoms with Gasteiger partial charge in [-0.15, -0.1) is 0 Å². The molecule has 0 atom stereocenters. The van der Waals surface area contributed by atoms with Gasteiger partial charge in [0.1, 0.15) is 5.75 Å². The number of piperidine rings is 1. The lowest BCUT2D eigenvalue weighted by Gasteiger charge is -2.31. The summed E-state index contributed by atoms with van der Waals surface area (Å²) in [6, 6.07) is 8.70. The van der Waals surface area contributed by atoms with Crippen molar-refractivity contribution in [3.05, 3.63) is 29.8 Å². The second kappa shape index (κ2) is 8.18. The fraction of sp³-hybridized carbons (Fsp3) is 0.611. The highest BCUT2D eigenvalue weighted by atomic mass is 16.5. The van der Waals surface area contributed by atoms with Crippen LogP contribution < -0.4 is 10.1 Å². The lowest BCUT2D eigenvalue weighted by Crippen LogP contribution is -2.44. The molecule has 1 aliphatic heterocycles. The summed E-state index contributed by atoms with van der Waals surface area (Å²) in [5, 5.41) is 3.28. The van der Waals surface area contributed by atoms with Crippen molar-refractivity contribution in [2.45, 2.75) is 45.1 Å². The maximum absolute atomic E-state index is 12.2. The highest BCUT2D eigenvalue weighted by molar-refractivity contribution is 5.76. The van der Waals surface area contributed by atoms with Crippen molar-refractivity contribution in [2.24, 2.45) is 0 Å². The van der Waals surface area contributed by atoms with Gasteiger partial charge in [-0.25, -0.2) is 0 Å². The number of hydrogen-bond acceptors (Lipinski definition) is 3. The monoisotopic (exact) mass is 304 g/mol. The van der Waals surface area contributed by atoms with E-state index in [-0.39, 0.29) is 5.91 Å². The first-order valence-electron chi connectivity index (χ1n) is 8.28. The SMILES string of the molecule is CNC1CCN(C(=O)CCOc2ccc(C(C)C)cc2)CC1. The van der Waals surface area contributed by atoms with Gasteiger partial charge in [-0.1, -0.05) is 26.0 Å². The summed E-state index contributed by atoms with van der Waals surface area (Å²) in [4.78, 5) is 14.1. The maximum atomic E-state index is 12.2. The molecule has 1 aliphatic rings. The summed E-state index contributed by atoms with van der Waals surface area (Å²) in [7, 11) is 1.99. The van der Waals surface area contributed by atoms with E-state index in [9.17, 15) is 4.79 Å². The second-order valence-corrected chi connectivity index (χ2v) is 6.27. The van der Waals surface area contributed by atoms with Gasteiger partial charge in [0, 0.05) is 19.1 Å². The van der Waals surface area contributed by atoms with Crippen LogP contribution in [0.5, 0.6) is 5.75 Å². The molecule has 0 bridgehead atoms. The number of ether oxygens (including phenoxy) is 1. The molecular formula is C18H28N2O2. The van der Waals surface area contributed by atoms with Crippen molar-refractivity contribution in [2.75, 3.05) is 26.7 Å². The molecule has 1 aromatic rings. The van der Waals surface area contributed by atoms with Crippen LogP contribution >= 0.6 is 0 Å².